The van der Waals surface area contributed by atoms with Crippen LogP contribution in [0.5, 0.6) is 0 Å². The molecule has 0 fully saturated rings. The monoisotopic (exact) mass is 216 g/mol. The maximum atomic E-state index is 10.8. The Balaban J connectivity index is 3.61. The second-order valence-electron chi connectivity index (χ2n) is 2.37. The molecular formula is C9H12O6. The molecule has 0 saturated heterocycles. The summed E-state index contributed by atoms with van der Waals surface area (Å²) in [7, 11) is 0. The molecule has 0 radical (unpaired) electrons. The van der Waals surface area contributed by atoms with E-state index in [-0.39, 0.29) is 19.4 Å². The number of hydrogen-bond donors (Lipinski definition) is 0. The number of carbonyl (C=O) groups is 3. The van der Waals surface area contributed by atoms with Crippen LogP contribution >= 0.6 is 0 Å². The fourth-order valence-corrected chi connectivity index (χ4v) is 0.601. The van der Waals surface area contributed by atoms with E-state index >= 15 is 0 Å². The zero-order valence-corrected chi connectivity index (χ0v) is 8.36. The van der Waals surface area contributed by atoms with Crippen molar-refractivity contribution in [2.24, 2.45) is 0 Å². The standard InChI is InChI=1S/C9H12O6/c1-3-7(10)14-15-9(12)6-5-8(11)13-4-2/h3H,1,4-6H2,2H3. The topological polar surface area (TPSA) is 78.9 Å². The van der Waals surface area contributed by atoms with Crippen molar-refractivity contribution in [1.82, 2.24) is 0 Å². The van der Waals surface area contributed by atoms with E-state index in [0.717, 1.165) is 6.08 Å². The van der Waals surface area contributed by atoms with Crippen LogP contribution in [0.1, 0.15) is 19.8 Å². The van der Waals surface area contributed by atoms with Gasteiger partial charge in [-0.05, 0) is 6.92 Å². The highest BCUT2D eigenvalue weighted by Crippen LogP contribution is 1.96. The molecule has 0 spiro atoms. The molecule has 84 valence electrons. The lowest BCUT2D eigenvalue weighted by molar-refractivity contribution is -0.255. The van der Waals surface area contributed by atoms with Gasteiger partial charge in [0, 0.05) is 6.08 Å². The van der Waals surface area contributed by atoms with Crippen LogP contribution in [0, 0.1) is 0 Å². The van der Waals surface area contributed by atoms with Gasteiger partial charge < -0.3 is 4.74 Å². The molecule has 0 aromatic heterocycles. The van der Waals surface area contributed by atoms with Crippen LogP contribution in [0.2, 0.25) is 0 Å². The van der Waals surface area contributed by atoms with E-state index in [4.69, 9.17) is 0 Å². The minimum absolute atomic E-state index is 0.113. The Morgan fingerprint density at radius 2 is 1.73 bits per heavy atom. The molecule has 0 heterocycles. The minimum atomic E-state index is -0.875. The lowest BCUT2D eigenvalue weighted by atomic mass is 10.3. The van der Waals surface area contributed by atoms with Crippen molar-refractivity contribution in [3.8, 4) is 0 Å². The van der Waals surface area contributed by atoms with Gasteiger partial charge in [0.1, 0.15) is 0 Å². The van der Waals surface area contributed by atoms with Crippen molar-refractivity contribution in [2.75, 3.05) is 6.61 Å². The molecule has 0 N–H and O–H groups in total. The molecule has 0 aliphatic rings. The van der Waals surface area contributed by atoms with Gasteiger partial charge in [-0.15, -0.1) is 0 Å². The van der Waals surface area contributed by atoms with Gasteiger partial charge in [0.2, 0.25) is 0 Å². The first kappa shape index (κ1) is 13.2. The average molecular weight is 216 g/mol. The first-order chi connectivity index (χ1) is 7.10. The summed E-state index contributed by atoms with van der Waals surface area (Å²) in [5.41, 5.74) is 0. The maximum Gasteiger partial charge on any atom is 0.378 e. The number of hydrogen-bond acceptors (Lipinski definition) is 6. The van der Waals surface area contributed by atoms with Gasteiger partial charge in [0.05, 0.1) is 19.4 Å². The Hall–Kier alpha value is -1.85. The maximum absolute atomic E-state index is 10.8. The zero-order chi connectivity index (χ0) is 11.7. The molecular weight excluding hydrogens is 204 g/mol. The highest BCUT2D eigenvalue weighted by Gasteiger charge is 2.10. The molecule has 15 heavy (non-hydrogen) atoms. The predicted octanol–water partition coefficient (Wildman–Crippen LogP) is 0.517. The summed E-state index contributed by atoms with van der Waals surface area (Å²) in [6.45, 7) is 5.00. The normalized spacial score (nSPS) is 8.87. The third-order valence-corrected chi connectivity index (χ3v) is 1.22. The van der Waals surface area contributed by atoms with Gasteiger partial charge in [-0.1, -0.05) is 6.58 Å². The molecule has 0 aliphatic heterocycles. The fourth-order valence-electron chi connectivity index (χ4n) is 0.601. The van der Waals surface area contributed by atoms with Crippen molar-refractivity contribution in [1.29, 1.82) is 0 Å². The van der Waals surface area contributed by atoms with Gasteiger partial charge in [-0.3, -0.25) is 4.79 Å². The third-order valence-electron chi connectivity index (χ3n) is 1.22. The third kappa shape index (κ3) is 7.24. The number of carbonyl (C=O) groups excluding carboxylic acids is 3. The summed E-state index contributed by atoms with van der Waals surface area (Å²) in [5.74, 6) is -2.21. The van der Waals surface area contributed by atoms with E-state index in [1.54, 1.807) is 6.92 Å². The molecule has 0 rings (SSSR count). The first-order valence-electron chi connectivity index (χ1n) is 4.29. The van der Waals surface area contributed by atoms with Crippen molar-refractivity contribution in [3.63, 3.8) is 0 Å². The summed E-state index contributed by atoms with van der Waals surface area (Å²) in [6, 6.07) is 0. The van der Waals surface area contributed by atoms with Gasteiger partial charge >= 0.3 is 17.9 Å². The van der Waals surface area contributed by atoms with Crippen molar-refractivity contribution < 1.29 is 28.9 Å². The molecule has 0 aromatic rings. The molecule has 6 nitrogen and oxygen atoms in total. The average Bonchev–Trinajstić information content (AvgIpc) is 2.23. The van der Waals surface area contributed by atoms with Crippen molar-refractivity contribution in [2.45, 2.75) is 19.8 Å². The lowest BCUT2D eigenvalue weighted by Crippen LogP contribution is -2.12. The van der Waals surface area contributed by atoms with Crippen LogP contribution < -0.4 is 0 Å². The lowest BCUT2D eigenvalue weighted by Gasteiger charge is -2.01. The van der Waals surface area contributed by atoms with Crippen LogP contribution in [-0.2, 0) is 28.9 Å². The smallest absolute Gasteiger partial charge is 0.378 e. The molecule has 0 saturated carbocycles. The van der Waals surface area contributed by atoms with E-state index in [0.29, 0.717) is 0 Å². The molecule has 0 bridgehead atoms. The summed E-state index contributed by atoms with van der Waals surface area (Å²) in [6.07, 6.45) is 0.528. The second kappa shape index (κ2) is 7.54. The Labute approximate surface area is 86.7 Å². The summed E-state index contributed by atoms with van der Waals surface area (Å²) >= 11 is 0. The highest BCUT2D eigenvalue weighted by atomic mass is 17.2. The van der Waals surface area contributed by atoms with Gasteiger partial charge in [-0.25, -0.2) is 19.4 Å². The highest BCUT2D eigenvalue weighted by molar-refractivity contribution is 5.82. The van der Waals surface area contributed by atoms with Gasteiger partial charge in [0.25, 0.3) is 0 Å². The van der Waals surface area contributed by atoms with E-state index < -0.39 is 17.9 Å². The van der Waals surface area contributed by atoms with Crippen LogP contribution in [0.4, 0.5) is 0 Å². The van der Waals surface area contributed by atoms with Gasteiger partial charge in [-0.2, -0.15) is 0 Å². The Morgan fingerprint density at radius 3 is 2.27 bits per heavy atom. The van der Waals surface area contributed by atoms with Crippen LogP contribution in [0.15, 0.2) is 12.7 Å². The SMILES string of the molecule is C=CC(=O)OOC(=O)CCC(=O)OCC. The van der Waals surface area contributed by atoms with E-state index in [9.17, 15) is 14.4 Å². The zero-order valence-electron chi connectivity index (χ0n) is 8.36. The van der Waals surface area contributed by atoms with E-state index in [1.165, 1.54) is 0 Å². The summed E-state index contributed by atoms with van der Waals surface area (Å²) < 4.78 is 4.57. The first-order valence-corrected chi connectivity index (χ1v) is 4.29. The van der Waals surface area contributed by atoms with Crippen LogP contribution in [0.25, 0.3) is 0 Å². The molecule has 0 unspecified atom stereocenters. The quantitative estimate of drug-likeness (QED) is 0.288. The summed E-state index contributed by atoms with van der Waals surface area (Å²) in [5, 5.41) is 0. The van der Waals surface area contributed by atoms with E-state index in [1.807, 2.05) is 0 Å². The largest absolute Gasteiger partial charge is 0.466 e. The number of rotatable bonds is 5. The Kier molecular flexibility index (Phi) is 6.61. The minimum Gasteiger partial charge on any atom is -0.466 e. The van der Waals surface area contributed by atoms with Gasteiger partial charge in [0.15, 0.2) is 0 Å². The molecule has 6 heteroatoms. The molecule has 0 aromatic carbocycles. The Morgan fingerprint density at radius 1 is 1.13 bits per heavy atom. The Bertz CT molecular complexity index is 257. The molecule has 0 amide bonds. The summed E-state index contributed by atoms with van der Waals surface area (Å²) in [4.78, 5) is 40.1. The predicted molar refractivity (Wildman–Crippen MR) is 48.2 cm³/mol. The number of ether oxygens (including phenoxy) is 1. The van der Waals surface area contributed by atoms with Crippen molar-refractivity contribution >= 4 is 17.9 Å². The molecule has 0 atom stereocenters. The fraction of sp³-hybridized carbons (Fsp3) is 0.444. The second-order valence-corrected chi connectivity index (χ2v) is 2.37. The van der Waals surface area contributed by atoms with Crippen LogP contribution in [-0.4, -0.2) is 24.5 Å². The van der Waals surface area contributed by atoms with E-state index in [2.05, 4.69) is 21.1 Å². The van der Waals surface area contributed by atoms with Crippen molar-refractivity contribution in [3.05, 3.63) is 12.7 Å². The number of esters is 1. The molecule has 0 aliphatic carbocycles. The van der Waals surface area contributed by atoms with Crippen LogP contribution in [0.3, 0.4) is 0 Å².